The largest absolute Gasteiger partial charge is 0.449 e. The highest BCUT2D eigenvalue weighted by atomic mass is 16.5. The Morgan fingerprint density at radius 2 is 1.75 bits per heavy atom. The molecular formula is C23H26N2O3. The molecule has 1 heterocycles. The number of aromatic nitrogens is 1. The molecule has 0 radical (unpaired) electrons. The Morgan fingerprint density at radius 1 is 1.04 bits per heavy atom. The van der Waals surface area contributed by atoms with E-state index in [4.69, 9.17) is 4.74 Å². The lowest BCUT2D eigenvalue weighted by molar-refractivity contribution is -0.123. The van der Waals surface area contributed by atoms with Crippen LogP contribution in [0.4, 0.5) is 5.69 Å². The summed E-state index contributed by atoms with van der Waals surface area (Å²) in [5.74, 6) is -0.582. The van der Waals surface area contributed by atoms with Gasteiger partial charge in [-0.15, -0.1) is 0 Å². The summed E-state index contributed by atoms with van der Waals surface area (Å²) in [6.45, 7) is 7.70. The number of ether oxygens (including phenoxy) is 1. The van der Waals surface area contributed by atoms with Gasteiger partial charge in [0.25, 0.3) is 5.91 Å². The summed E-state index contributed by atoms with van der Waals surface area (Å²) < 4.78 is 7.34. The van der Waals surface area contributed by atoms with E-state index < -0.39 is 12.1 Å². The van der Waals surface area contributed by atoms with Crippen molar-refractivity contribution < 1.29 is 14.3 Å². The highest BCUT2D eigenvalue weighted by molar-refractivity contribution is 6.05. The molecule has 0 saturated carbocycles. The van der Waals surface area contributed by atoms with Gasteiger partial charge in [0.15, 0.2) is 6.10 Å². The van der Waals surface area contributed by atoms with Gasteiger partial charge in [-0.2, -0.15) is 0 Å². The number of para-hydroxylation sites is 2. The van der Waals surface area contributed by atoms with Crippen molar-refractivity contribution in [2.45, 2.75) is 39.7 Å². The first-order chi connectivity index (χ1) is 13.3. The lowest BCUT2D eigenvalue weighted by Gasteiger charge is -2.19. The van der Waals surface area contributed by atoms with Crippen molar-refractivity contribution in [2.75, 3.05) is 5.32 Å². The Hall–Kier alpha value is -3.08. The second kappa shape index (κ2) is 7.89. The number of hydrogen-bond acceptors (Lipinski definition) is 3. The SMILES string of the molecule is Cc1cccc(C(C)C)c1NC(=O)[C@H](C)OC(=O)c1cn(C)c2ccccc12. The third-order valence-corrected chi connectivity index (χ3v) is 4.95. The molecule has 0 aliphatic carbocycles. The van der Waals surface area contributed by atoms with Crippen LogP contribution in [0.25, 0.3) is 10.9 Å². The van der Waals surface area contributed by atoms with E-state index in [1.165, 1.54) is 0 Å². The van der Waals surface area contributed by atoms with Crippen LogP contribution in [0.5, 0.6) is 0 Å². The van der Waals surface area contributed by atoms with Crippen LogP contribution in [0.15, 0.2) is 48.7 Å². The molecule has 146 valence electrons. The molecule has 1 atom stereocenters. The molecule has 3 rings (SSSR count). The number of nitrogens with zero attached hydrogens (tertiary/aromatic N) is 1. The quantitative estimate of drug-likeness (QED) is 0.649. The Kier molecular flexibility index (Phi) is 5.54. The van der Waals surface area contributed by atoms with Crippen LogP contribution in [0, 0.1) is 6.92 Å². The van der Waals surface area contributed by atoms with Crippen LogP contribution >= 0.6 is 0 Å². The summed E-state index contributed by atoms with van der Waals surface area (Å²) in [5, 5.41) is 3.75. The van der Waals surface area contributed by atoms with E-state index in [9.17, 15) is 9.59 Å². The number of carbonyl (C=O) groups excluding carboxylic acids is 2. The van der Waals surface area contributed by atoms with Gasteiger partial charge in [-0.3, -0.25) is 4.79 Å². The first-order valence-corrected chi connectivity index (χ1v) is 9.45. The zero-order valence-electron chi connectivity index (χ0n) is 16.9. The van der Waals surface area contributed by atoms with E-state index in [1.807, 2.05) is 61.0 Å². The van der Waals surface area contributed by atoms with Crippen molar-refractivity contribution >= 4 is 28.5 Å². The summed E-state index contributed by atoms with van der Waals surface area (Å²) in [7, 11) is 1.88. The molecule has 0 aliphatic heterocycles. The molecule has 5 nitrogen and oxygen atoms in total. The number of rotatable bonds is 5. The predicted molar refractivity (Wildman–Crippen MR) is 112 cm³/mol. The van der Waals surface area contributed by atoms with Gasteiger partial charge in [0.05, 0.1) is 5.56 Å². The van der Waals surface area contributed by atoms with Gasteiger partial charge in [-0.1, -0.05) is 50.2 Å². The molecule has 1 N–H and O–H groups in total. The maximum atomic E-state index is 12.7. The second-order valence-corrected chi connectivity index (χ2v) is 7.40. The van der Waals surface area contributed by atoms with E-state index in [2.05, 4.69) is 19.2 Å². The highest BCUT2D eigenvalue weighted by Gasteiger charge is 2.23. The zero-order valence-corrected chi connectivity index (χ0v) is 16.9. The van der Waals surface area contributed by atoms with Crippen molar-refractivity contribution in [2.24, 2.45) is 7.05 Å². The molecule has 0 spiro atoms. The smallest absolute Gasteiger partial charge is 0.341 e. The number of esters is 1. The first kappa shape index (κ1) is 19.7. The zero-order chi connectivity index (χ0) is 20.4. The summed E-state index contributed by atoms with van der Waals surface area (Å²) in [6, 6.07) is 13.5. The van der Waals surface area contributed by atoms with Gasteiger partial charge in [-0.25, -0.2) is 4.79 Å². The van der Waals surface area contributed by atoms with E-state index in [0.717, 1.165) is 27.7 Å². The number of hydrogen-bond donors (Lipinski definition) is 1. The minimum absolute atomic E-state index is 0.267. The van der Waals surface area contributed by atoms with Crippen molar-refractivity contribution in [3.8, 4) is 0 Å². The van der Waals surface area contributed by atoms with Crippen LogP contribution < -0.4 is 5.32 Å². The number of amides is 1. The normalized spacial score (nSPS) is 12.2. The second-order valence-electron chi connectivity index (χ2n) is 7.40. The number of aryl methyl sites for hydroxylation is 2. The molecule has 1 aromatic heterocycles. The molecule has 1 amide bonds. The van der Waals surface area contributed by atoms with Gasteiger partial charge in [0.1, 0.15) is 0 Å². The van der Waals surface area contributed by atoms with E-state index in [-0.39, 0.29) is 11.8 Å². The third-order valence-electron chi connectivity index (χ3n) is 4.95. The van der Waals surface area contributed by atoms with Gasteiger partial charge in [0.2, 0.25) is 0 Å². The fraction of sp³-hybridized carbons (Fsp3) is 0.304. The summed E-state index contributed by atoms with van der Waals surface area (Å²) in [5.41, 5.74) is 4.22. The lowest BCUT2D eigenvalue weighted by Crippen LogP contribution is -2.30. The Balaban J connectivity index is 1.77. The number of carbonyl (C=O) groups is 2. The molecule has 0 saturated heterocycles. The summed E-state index contributed by atoms with van der Waals surface area (Å²) in [4.78, 5) is 25.3. The minimum atomic E-state index is -0.911. The number of nitrogens with one attached hydrogen (secondary N) is 1. The van der Waals surface area contributed by atoms with Crippen molar-refractivity contribution in [1.29, 1.82) is 0 Å². The van der Waals surface area contributed by atoms with Crippen molar-refractivity contribution in [3.63, 3.8) is 0 Å². The monoisotopic (exact) mass is 378 g/mol. The molecular weight excluding hydrogens is 352 g/mol. The molecule has 2 aromatic carbocycles. The Labute approximate surface area is 165 Å². The number of benzene rings is 2. The highest BCUT2D eigenvalue weighted by Crippen LogP contribution is 2.28. The molecule has 0 bridgehead atoms. The van der Waals surface area contributed by atoms with Gasteiger partial charge in [0, 0.05) is 29.8 Å². The van der Waals surface area contributed by atoms with Gasteiger partial charge < -0.3 is 14.6 Å². The number of anilines is 1. The number of fused-ring (bicyclic) bond motifs is 1. The average Bonchev–Trinajstić information content (AvgIpc) is 3.00. The molecule has 0 unspecified atom stereocenters. The van der Waals surface area contributed by atoms with E-state index in [0.29, 0.717) is 5.56 Å². The summed E-state index contributed by atoms with van der Waals surface area (Å²) in [6.07, 6.45) is 0.821. The predicted octanol–water partition coefficient (Wildman–Crippen LogP) is 4.79. The molecule has 28 heavy (non-hydrogen) atoms. The van der Waals surface area contributed by atoms with E-state index >= 15 is 0 Å². The Bertz CT molecular complexity index is 1030. The molecule has 5 heteroatoms. The fourth-order valence-corrected chi connectivity index (χ4v) is 3.35. The van der Waals surface area contributed by atoms with Crippen LogP contribution in [0.2, 0.25) is 0 Å². The van der Waals surface area contributed by atoms with Crippen LogP contribution in [0.3, 0.4) is 0 Å². The van der Waals surface area contributed by atoms with Crippen molar-refractivity contribution in [3.05, 3.63) is 65.4 Å². The van der Waals surface area contributed by atoms with Gasteiger partial charge in [-0.05, 0) is 37.0 Å². The first-order valence-electron chi connectivity index (χ1n) is 9.45. The maximum Gasteiger partial charge on any atom is 0.341 e. The molecule has 3 aromatic rings. The Morgan fingerprint density at radius 3 is 2.46 bits per heavy atom. The molecule has 0 fully saturated rings. The van der Waals surface area contributed by atoms with Crippen LogP contribution in [-0.2, 0) is 16.6 Å². The topological polar surface area (TPSA) is 60.3 Å². The maximum absolute atomic E-state index is 12.7. The molecule has 0 aliphatic rings. The van der Waals surface area contributed by atoms with Crippen LogP contribution in [-0.4, -0.2) is 22.5 Å². The van der Waals surface area contributed by atoms with Crippen LogP contribution in [0.1, 0.15) is 48.2 Å². The van der Waals surface area contributed by atoms with Gasteiger partial charge >= 0.3 is 5.97 Å². The standard InChI is InChI=1S/C23H26N2O3/c1-14(2)17-11-8-9-15(3)21(17)24-22(26)16(4)28-23(27)19-13-25(5)20-12-7-6-10-18(19)20/h6-14,16H,1-5H3,(H,24,26)/t16-/m0/s1. The average molecular weight is 378 g/mol. The summed E-state index contributed by atoms with van der Waals surface area (Å²) >= 11 is 0. The third kappa shape index (κ3) is 3.79. The lowest BCUT2D eigenvalue weighted by atomic mass is 9.98. The minimum Gasteiger partial charge on any atom is -0.449 e. The van der Waals surface area contributed by atoms with E-state index in [1.54, 1.807) is 13.1 Å². The fourth-order valence-electron chi connectivity index (χ4n) is 3.35. The van der Waals surface area contributed by atoms with Crippen molar-refractivity contribution in [1.82, 2.24) is 4.57 Å².